The van der Waals surface area contributed by atoms with Crippen LogP contribution in [0, 0.1) is 10.8 Å². The molecular formula is C14H30S2. The summed E-state index contributed by atoms with van der Waals surface area (Å²) in [6.07, 6.45) is 5.42. The van der Waals surface area contributed by atoms with Gasteiger partial charge in [0.15, 0.2) is 0 Å². The topological polar surface area (TPSA) is 0 Å². The molecule has 0 aliphatic carbocycles. The van der Waals surface area contributed by atoms with Gasteiger partial charge in [-0.15, -0.1) is 0 Å². The summed E-state index contributed by atoms with van der Waals surface area (Å²) < 4.78 is 0. The lowest BCUT2D eigenvalue weighted by Gasteiger charge is -2.18. The Labute approximate surface area is 111 Å². The minimum atomic E-state index is 0.511. The van der Waals surface area contributed by atoms with Crippen molar-refractivity contribution >= 4 is 21.6 Å². The Kier molecular flexibility index (Phi) is 8.26. The van der Waals surface area contributed by atoms with Crippen molar-refractivity contribution in [1.29, 1.82) is 0 Å². The van der Waals surface area contributed by atoms with Crippen molar-refractivity contribution in [1.82, 2.24) is 0 Å². The van der Waals surface area contributed by atoms with E-state index in [0.717, 1.165) is 0 Å². The Hall–Kier alpha value is 0.700. The molecule has 16 heavy (non-hydrogen) atoms. The highest BCUT2D eigenvalue weighted by molar-refractivity contribution is 8.76. The van der Waals surface area contributed by atoms with Gasteiger partial charge >= 0.3 is 0 Å². The zero-order chi connectivity index (χ0) is 12.7. The van der Waals surface area contributed by atoms with Gasteiger partial charge in [0.1, 0.15) is 0 Å². The molecule has 0 bridgehead atoms. The molecule has 0 N–H and O–H groups in total. The summed E-state index contributed by atoms with van der Waals surface area (Å²) in [6, 6.07) is 0. The molecule has 0 atom stereocenters. The fourth-order valence-electron chi connectivity index (χ4n) is 1.44. The Morgan fingerprint density at radius 3 is 1.19 bits per heavy atom. The van der Waals surface area contributed by atoms with Gasteiger partial charge in [-0.3, -0.25) is 0 Å². The molecule has 0 rings (SSSR count). The normalized spacial score (nSPS) is 13.1. The van der Waals surface area contributed by atoms with E-state index in [9.17, 15) is 0 Å². The third kappa shape index (κ3) is 14.7. The van der Waals surface area contributed by atoms with Crippen molar-refractivity contribution < 1.29 is 0 Å². The lowest BCUT2D eigenvalue weighted by Crippen LogP contribution is -2.05. The fraction of sp³-hybridized carbons (Fsp3) is 1.00. The van der Waals surface area contributed by atoms with E-state index in [1.54, 1.807) is 0 Å². The molecule has 0 radical (unpaired) electrons. The largest absolute Gasteiger partial charge is 0.0942 e. The second-order valence-corrected chi connectivity index (χ2v) is 9.67. The fourth-order valence-corrected chi connectivity index (χ4v) is 3.61. The summed E-state index contributed by atoms with van der Waals surface area (Å²) >= 11 is 0. The van der Waals surface area contributed by atoms with Crippen LogP contribution in [0.15, 0.2) is 0 Å². The molecule has 0 aromatic heterocycles. The average Bonchev–Trinajstić information content (AvgIpc) is 2.06. The van der Waals surface area contributed by atoms with E-state index in [-0.39, 0.29) is 0 Å². The average molecular weight is 263 g/mol. The van der Waals surface area contributed by atoms with Crippen LogP contribution in [-0.4, -0.2) is 11.5 Å². The Bertz CT molecular complexity index is 143. The van der Waals surface area contributed by atoms with Crippen LogP contribution in [0.4, 0.5) is 0 Å². The first-order valence-electron chi connectivity index (χ1n) is 6.45. The predicted molar refractivity (Wildman–Crippen MR) is 82.3 cm³/mol. The highest BCUT2D eigenvalue weighted by atomic mass is 33.1. The first-order valence-corrected chi connectivity index (χ1v) is 8.94. The Balaban J connectivity index is 3.17. The molecule has 0 heterocycles. The second-order valence-electron chi connectivity index (χ2n) is 6.97. The maximum Gasteiger partial charge on any atom is 0.00371 e. The van der Waals surface area contributed by atoms with Gasteiger partial charge in [0, 0.05) is 11.5 Å². The molecule has 98 valence electrons. The van der Waals surface area contributed by atoms with Crippen LogP contribution >= 0.6 is 21.6 Å². The lowest BCUT2D eigenvalue weighted by atomic mass is 9.91. The zero-order valence-electron chi connectivity index (χ0n) is 12.1. The maximum atomic E-state index is 2.33. The monoisotopic (exact) mass is 262 g/mol. The van der Waals surface area contributed by atoms with Crippen LogP contribution in [0.2, 0.25) is 0 Å². The molecule has 0 amide bonds. The van der Waals surface area contributed by atoms with Gasteiger partial charge in [0.2, 0.25) is 0 Å². The van der Waals surface area contributed by atoms with E-state index < -0.39 is 0 Å². The summed E-state index contributed by atoms with van der Waals surface area (Å²) in [5, 5.41) is 0. The van der Waals surface area contributed by atoms with Crippen molar-refractivity contribution in [3.05, 3.63) is 0 Å². The van der Waals surface area contributed by atoms with Gasteiger partial charge < -0.3 is 0 Å². The summed E-state index contributed by atoms with van der Waals surface area (Å²) in [5.41, 5.74) is 1.02. The molecule has 0 aliphatic rings. The lowest BCUT2D eigenvalue weighted by molar-refractivity contribution is 0.374. The maximum absolute atomic E-state index is 2.33. The van der Waals surface area contributed by atoms with Crippen molar-refractivity contribution in [2.45, 2.75) is 67.2 Å². The van der Waals surface area contributed by atoms with E-state index in [1.807, 2.05) is 0 Å². The predicted octanol–water partition coefficient (Wildman–Crippen LogP) is 6.02. The molecule has 0 unspecified atom stereocenters. The van der Waals surface area contributed by atoms with Crippen LogP contribution in [-0.2, 0) is 0 Å². The molecule has 0 saturated carbocycles. The minimum absolute atomic E-state index is 0.511. The van der Waals surface area contributed by atoms with Gasteiger partial charge in [-0.25, -0.2) is 0 Å². The van der Waals surface area contributed by atoms with Gasteiger partial charge in [0.05, 0.1) is 0 Å². The molecule has 0 spiro atoms. The van der Waals surface area contributed by atoms with Crippen LogP contribution in [0.1, 0.15) is 67.2 Å². The van der Waals surface area contributed by atoms with E-state index >= 15 is 0 Å². The van der Waals surface area contributed by atoms with Crippen LogP contribution in [0.3, 0.4) is 0 Å². The van der Waals surface area contributed by atoms with Gasteiger partial charge in [-0.2, -0.15) is 0 Å². The Morgan fingerprint density at radius 1 is 0.625 bits per heavy atom. The highest BCUT2D eigenvalue weighted by Gasteiger charge is 2.10. The van der Waals surface area contributed by atoms with Crippen molar-refractivity contribution in [2.24, 2.45) is 10.8 Å². The zero-order valence-corrected chi connectivity index (χ0v) is 13.7. The van der Waals surface area contributed by atoms with Crippen molar-refractivity contribution in [2.75, 3.05) is 11.5 Å². The number of rotatable bonds is 7. The molecule has 2 heteroatoms. The molecule has 0 aliphatic heterocycles. The van der Waals surface area contributed by atoms with Gasteiger partial charge in [-0.1, -0.05) is 63.1 Å². The molecule has 0 nitrogen and oxygen atoms in total. The summed E-state index contributed by atoms with van der Waals surface area (Å²) in [6.45, 7) is 14.0. The van der Waals surface area contributed by atoms with Crippen LogP contribution in [0.5, 0.6) is 0 Å². The van der Waals surface area contributed by atoms with Gasteiger partial charge in [-0.05, 0) is 36.5 Å². The van der Waals surface area contributed by atoms with E-state index in [2.05, 4.69) is 63.1 Å². The van der Waals surface area contributed by atoms with Crippen LogP contribution in [0.25, 0.3) is 0 Å². The van der Waals surface area contributed by atoms with E-state index in [1.165, 1.54) is 37.2 Å². The van der Waals surface area contributed by atoms with Gasteiger partial charge in [0.25, 0.3) is 0 Å². The molecule has 0 fully saturated rings. The number of hydrogen-bond donors (Lipinski definition) is 0. The highest BCUT2D eigenvalue weighted by Crippen LogP contribution is 2.29. The first-order chi connectivity index (χ1) is 7.21. The summed E-state index contributed by atoms with van der Waals surface area (Å²) in [7, 11) is 4.12. The van der Waals surface area contributed by atoms with Crippen molar-refractivity contribution in [3.8, 4) is 0 Å². The first kappa shape index (κ1) is 16.7. The van der Waals surface area contributed by atoms with Crippen molar-refractivity contribution in [3.63, 3.8) is 0 Å². The SMILES string of the molecule is CC(C)(C)CCCSSCCCC(C)(C)C. The minimum Gasteiger partial charge on any atom is -0.0942 e. The second kappa shape index (κ2) is 7.92. The summed E-state index contributed by atoms with van der Waals surface area (Å²) in [4.78, 5) is 0. The molecule has 0 aromatic carbocycles. The third-order valence-electron chi connectivity index (χ3n) is 2.39. The third-order valence-corrected chi connectivity index (χ3v) is 4.97. The molecular weight excluding hydrogens is 232 g/mol. The van der Waals surface area contributed by atoms with E-state index in [0.29, 0.717) is 10.8 Å². The smallest absolute Gasteiger partial charge is 0.00371 e. The Morgan fingerprint density at radius 2 is 0.938 bits per heavy atom. The molecule has 0 saturated heterocycles. The standard InChI is InChI=1S/C14H30S2/c1-13(2,3)9-7-11-15-16-12-8-10-14(4,5)6/h7-12H2,1-6H3. The summed E-state index contributed by atoms with van der Waals surface area (Å²) in [5.74, 6) is 2.63. The number of hydrogen-bond acceptors (Lipinski definition) is 2. The molecule has 0 aromatic rings. The van der Waals surface area contributed by atoms with E-state index in [4.69, 9.17) is 0 Å². The quantitative estimate of drug-likeness (QED) is 0.406. The van der Waals surface area contributed by atoms with Crippen LogP contribution < -0.4 is 0 Å².